The predicted octanol–water partition coefficient (Wildman–Crippen LogP) is 3.22. The lowest BCUT2D eigenvalue weighted by molar-refractivity contribution is -0.0302. The Morgan fingerprint density at radius 3 is 2.76 bits per heavy atom. The van der Waals surface area contributed by atoms with Gasteiger partial charge in [0.2, 0.25) is 0 Å². The van der Waals surface area contributed by atoms with Gasteiger partial charge < -0.3 is 19.0 Å². The molecule has 3 rings (SSSR count). The molecule has 1 aliphatic rings. The minimum Gasteiger partial charge on any atom is -0.497 e. The van der Waals surface area contributed by atoms with Crippen LogP contribution in [0.4, 0.5) is 0 Å². The Morgan fingerprint density at radius 2 is 2.08 bits per heavy atom. The highest BCUT2D eigenvalue weighted by atomic mass is 16.5. The van der Waals surface area contributed by atoms with Crippen LogP contribution in [-0.4, -0.2) is 49.5 Å². The largest absolute Gasteiger partial charge is 0.497 e. The Kier molecular flexibility index (Phi) is 6.13. The first-order valence-electron chi connectivity index (χ1n) is 8.84. The van der Waals surface area contributed by atoms with E-state index in [1.807, 2.05) is 18.2 Å². The third-order valence-corrected chi connectivity index (χ3v) is 4.91. The molecule has 3 unspecified atom stereocenters. The third-order valence-electron chi connectivity index (χ3n) is 4.91. The lowest BCUT2D eigenvalue weighted by Crippen LogP contribution is -2.47. The van der Waals surface area contributed by atoms with E-state index in [9.17, 15) is 5.11 Å². The summed E-state index contributed by atoms with van der Waals surface area (Å²) in [5.41, 5.74) is 1.29. The quantitative estimate of drug-likeness (QED) is 0.835. The molecule has 0 amide bonds. The van der Waals surface area contributed by atoms with Crippen LogP contribution in [0.1, 0.15) is 36.7 Å². The predicted molar refractivity (Wildman–Crippen MR) is 95.9 cm³/mol. The summed E-state index contributed by atoms with van der Waals surface area (Å²) in [6.07, 6.45) is 1.61. The van der Waals surface area contributed by atoms with Gasteiger partial charge in [0.25, 0.3) is 0 Å². The maximum absolute atomic E-state index is 10.4. The molecule has 0 aliphatic carbocycles. The number of aliphatic hydroxyl groups is 1. The lowest BCUT2D eigenvalue weighted by atomic mass is 9.98. The van der Waals surface area contributed by atoms with Crippen molar-refractivity contribution in [2.75, 3.05) is 33.4 Å². The van der Waals surface area contributed by atoms with Crippen LogP contribution in [0.25, 0.3) is 0 Å². The fourth-order valence-corrected chi connectivity index (χ4v) is 3.39. The fourth-order valence-electron chi connectivity index (χ4n) is 3.39. The highest BCUT2D eigenvalue weighted by Gasteiger charge is 2.28. The Hall–Kier alpha value is -1.82. The fraction of sp³-hybridized carbons (Fsp3) is 0.500. The van der Waals surface area contributed by atoms with Crippen molar-refractivity contribution in [2.45, 2.75) is 31.4 Å². The average Bonchev–Trinajstić information content (AvgIpc) is 3.18. The molecule has 1 aromatic carbocycles. The monoisotopic (exact) mass is 345 g/mol. The van der Waals surface area contributed by atoms with Gasteiger partial charge in [0, 0.05) is 19.1 Å². The first-order valence-corrected chi connectivity index (χ1v) is 8.84. The van der Waals surface area contributed by atoms with Crippen LogP contribution in [0.15, 0.2) is 47.1 Å². The summed E-state index contributed by atoms with van der Waals surface area (Å²) in [7, 11) is 1.68. The second kappa shape index (κ2) is 8.52. The van der Waals surface area contributed by atoms with Crippen LogP contribution in [0.5, 0.6) is 5.75 Å². The Balaban J connectivity index is 1.61. The topological polar surface area (TPSA) is 55.1 Å². The average molecular weight is 345 g/mol. The van der Waals surface area contributed by atoms with Gasteiger partial charge in [0.15, 0.2) is 0 Å². The summed E-state index contributed by atoms with van der Waals surface area (Å²) in [6, 6.07) is 12.1. The number of nitrogens with zero attached hydrogens (tertiary/aromatic N) is 1. The molecule has 5 nitrogen and oxygen atoms in total. The van der Waals surface area contributed by atoms with Crippen LogP contribution >= 0.6 is 0 Å². The van der Waals surface area contributed by atoms with Crippen molar-refractivity contribution in [3.8, 4) is 5.75 Å². The van der Waals surface area contributed by atoms with Crippen molar-refractivity contribution in [1.29, 1.82) is 0 Å². The molecule has 2 aromatic rings. The zero-order chi connectivity index (χ0) is 17.6. The van der Waals surface area contributed by atoms with E-state index in [0.29, 0.717) is 24.7 Å². The number of morpholine rings is 1. The van der Waals surface area contributed by atoms with Crippen molar-refractivity contribution >= 4 is 0 Å². The Bertz CT molecular complexity index is 626. The van der Waals surface area contributed by atoms with E-state index in [0.717, 1.165) is 25.4 Å². The molecular weight excluding hydrogens is 318 g/mol. The molecule has 3 atom stereocenters. The van der Waals surface area contributed by atoms with Crippen molar-refractivity contribution in [3.63, 3.8) is 0 Å². The molecule has 1 saturated heterocycles. The SMILES string of the molecule is COc1ccc(C(C)CN2CCOCC2CC(O)c2ccco2)cc1. The Labute approximate surface area is 149 Å². The molecule has 136 valence electrons. The number of furan rings is 1. The molecule has 0 saturated carbocycles. The first-order chi connectivity index (χ1) is 12.2. The summed E-state index contributed by atoms with van der Waals surface area (Å²) in [6.45, 7) is 5.44. The molecule has 0 bridgehead atoms. The summed E-state index contributed by atoms with van der Waals surface area (Å²) in [5.74, 6) is 1.89. The van der Waals surface area contributed by atoms with Gasteiger partial charge in [0.1, 0.15) is 17.6 Å². The number of aliphatic hydroxyl groups excluding tert-OH is 1. The zero-order valence-corrected chi connectivity index (χ0v) is 14.9. The van der Waals surface area contributed by atoms with Crippen LogP contribution in [-0.2, 0) is 4.74 Å². The van der Waals surface area contributed by atoms with E-state index in [-0.39, 0.29) is 6.04 Å². The smallest absolute Gasteiger partial charge is 0.132 e. The van der Waals surface area contributed by atoms with E-state index in [1.54, 1.807) is 19.4 Å². The normalized spacial score (nSPS) is 21.0. The van der Waals surface area contributed by atoms with Gasteiger partial charge in [-0.3, -0.25) is 4.90 Å². The van der Waals surface area contributed by atoms with Crippen molar-refractivity contribution in [2.24, 2.45) is 0 Å². The Morgan fingerprint density at radius 1 is 1.28 bits per heavy atom. The molecule has 0 spiro atoms. The molecule has 0 radical (unpaired) electrons. The van der Waals surface area contributed by atoms with Crippen LogP contribution < -0.4 is 4.74 Å². The number of methoxy groups -OCH3 is 1. The molecule has 2 heterocycles. The summed E-state index contributed by atoms with van der Waals surface area (Å²) < 4.78 is 16.2. The molecule has 1 aromatic heterocycles. The summed E-state index contributed by atoms with van der Waals surface area (Å²) in [4.78, 5) is 2.42. The van der Waals surface area contributed by atoms with Crippen LogP contribution in [0.2, 0.25) is 0 Å². The lowest BCUT2D eigenvalue weighted by Gasteiger charge is -2.38. The number of hydrogen-bond acceptors (Lipinski definition) is 5. The van der Waals surface area contributed by atoms with Gasteiger partial charge in [0.05, 0.1) is 26.6 Å². The van der Waals surface area contributed by atoms with E-state index in [2.05, 4.69) is 24.0 Å². The van der Waals surface area contributed by atoms with Crippen LogP contribution in [0.3, 0.4) is 0 Å². The highest BCUT2D eigenvalue weighted by Crippen LogP contribution is 2.26. The number of ether oxygens (including phenoxy) is 2. The number of hydrogen-bond donors (Lipinski definition) is 1. The van der Waals surface area contributed by atoms with Gasteiger partial charge in [-0.1, -0.05) is 19.1 Å². The van der Waals surface area contributed by atoms with Gasteiger partial charge in [-0.25, -0.2) is 0 Å². The second-order valence-electron chi connectivity index (χ2n) is 6.66. The van der Waals surface area contributed by atoms with Crippen molar-refractivity contribution < 1.29 is 19.0 Å². The molecule has 5 heteroatoms. The maximum atomic E-state index is 10.4. The number of rotatable bonds is 7. The van der Waals surface area contributed by atoms with E-state index >= 15 is 0 Å². The maximum Gasteiger partial charge on any atom is 0.132 e. The van der Waals surface area contributed by atoms with Gasteiger partial charge >= 0.3 is 0 Å². The number of benzene rings is 1. The standard InChI is InChI=1S/C20H27NO4/c1-15(16-5-7-18(23-2)8-6-16)13-21-9-11-24-14-17(21)12-19(22)20-4-3-10-25-20/h3-8,10,15,17,19,22H,9,11-14H2,1-2H3. The highest BCUT2D eigenvalue weighted by molar-refractivity contribution is 5.29. The molecule has 1 N–H and O–H groups in total. The van der Waals surface area contributed by atoms with E-state index in [1.165, 1.54) is 5.56 Å². The molecule has 1 fully saturated rings. The molecule has 25 heavy (non-hydrogen) atoms. The third kappa shape index (κ3) is 4.63. The first kappa shape index (κ1) is 18.0. The van der Waals surface area contributed by atoms with Gasteiger partial charge in [-0.05, 0) is 42.2 Å². The van der Waals surface area contributed by atoms with Gasteiger partial charge in [-0.2, -0.15) is 0 Å². The van der Waals surface area contributed by atoms with Crippen LogP contribution in [0, 0.1) is 0 Å². The second-order valence-corrected chi connectivity index (χ2v) is 6.66. The van der Waals surface area contributed by atoms with E-state index in [4.69, 9.17) is 13.9 Å². The van der Waals surface area contributed by atoms with Crippen molar-refractivity contribution in [3.05, 3.63) is 54.0 Å². The minimum absolute atomic E-state index is 0.189. The zero-order valence-electron chi connectivity index (χ0n) is 14.9. The van der Waals surface area contributed by atoms with E-state index < -0.39 is 6.10 Å². The van der Waals surface area contributed by atoms with Gasteiger partial charge in [-0.15, -0.1) is 0 Å². The molecule has 1 aliphatic heterocycles. The van der Waals surface area contributed by atoms with Crippen molar-refractivity contribution in [1.82, 2.24) is 4.90 Å². The minimum atomic E-state index is -0.597. The summed E-state index contributed by atoms with van der Waals surface area (Å²) in [5, 5.41) is 10.4. The summed E-state index contributed by atoms with van der Waals surface area (Å²) >= 11 is 0. The molecular formula is C20H27NO4.